The molecule has 0 aliphatic heterocycles. The highest BCUT2D eigenvalue weighted by molar-refractivity contribution is 5.96. The van der Waals surface area contributed by atoms with Crippen LogP contribution in [0, 0.1) is 12.8 Å². The van der Waals surface area contributed by atoms with Crippen molar-refractivity contribution in [3.05, 3.63) is 53.1 Å². The fourth-order valence-corrected chi connectivity index (χ4v) is 2.76. The minimum Gasteiger partial charge on any atom is -0.493 e. The second-order valence-electron chi connectivity index (χ2n) is 7.16. The van der Waals surface area contributed by atoms with E-state index in [1.807, 2.05) is 45.9 Å². The molecule has 0 spiro atoms. The lowest BCUT2D eigenvalue weighted by Gasteiger charge is -2.14. The van der Waals surface area contributed by atoms with Crippen molar-refractivity contribution in [3.8, 4) is 11.5 Å². The van der Waals surface area contributed by atoms with E-state index in [0.29, 0.717) is 24.0 Å². The molecule has 0 saturated carbocycles. The zero-order chi connectivity index (χ0) is 21.4. The van der Waals surface area contributed by atoms with Crippen molar-refractivity contribution in [2.75, 3.05) is 25.6 Å². The summed E-state index contributed by atoms with van der Waals surface area (Å²) in [5.74, 6) is 0.379. The van der Waals surface area contributed by atoms with E-state index in [1.165, 1.54) is 7.11 Å². The Bertz CT molecular complexity index is 860. The first-order valence-electron chi connectivity index (χ1n) is 9.72. The van der Waals surface area contributed by atoms with Gasteiger partial charge in [-0.25, -0.2) is 4.79 Å². The van der Waals surface area contributed by atoms with E-state index in [4.69, 9.17) is 14.2 Å². The summed E-state index contributed by atoms with van der Waals surface area (Å²) in [6, 6.07) is 10.6. The summed E-state index contributed by atoms with van der Waals surface area (Å²) in [5, 5.41) is 2.83. The van der Waals surface area contributed by atoms with Crippen molar-refractivity contribution in [1.29, 1.82) is 0 Å². The average molecular weight is 399 g/mol. The third-order valence-electron chi connectivity index (χ3n) is 4.31. The highest BCUT2D eigenvalue weighted by Crippen LogP contribution is 2.29. The Kier molecular flexibility index (Phi) is 8.07. The van der Waals surface area contributed by atoms with E-state index in [9.17, 15) is 9.59 Å². The molecule has 0 radical (unpaired) electrons. The van der Waals surface area contributed by atoms with Gasteiger partial charge in [0.1, 0.15) is 0 Å². The number of aryl methyl sites for hydroxylation is 2. The van der Waals surface area contributed by atoms with Gasteiger partial charge in [0.2, 0.25) is 0 Å². The number of ether oxygens (including phenoxy) is 3. The maximum absolute atomic E-state index is 12.3. The number of carbonyl (C=O) groups is 2. The number of benzene rings is 2. The number of amides is 1. The second-order valence-corrected chi connectivity index (χ2v) is 7.16. The lowest BCUT2D eigenvalue weighted by atomic mass is 10.1. The van der Waals surface area contributed by atoms with Crippen LogP contribution >= 0.6 is 0 Å². The molecule has 0 fully saturated rings. The topological polar surface area (TPSA) is 73.9 Å². The maximum Gasteiger partial charge on any atom is 0.338 e. The van der Waals surface area contributed by atoms with Gasteiger partial charge in [-0.05, 0) is 48.6 Å². The molecule has 2 aromatic rings. The van der Waals surface area contributed by atoms with Crippen molar-refractivity contribution in [3.63, 3.8) is 0 Å². The molecule has 1 amide bonds. The van der Waals surface area contributed by atoms with Crippen LogP contribution in [0.15, 0.2) is 36.4 Å². The molecule has 1 N–H and O–H groups in total. The molecule has 0 unspecified atom stereocenters. The molecule has 0 bridgehead atoms. The van der Waals surface area contributed by atoms with Gasteiger partial charge in [0, 0.05) is 5.69 Å². The van der Waals surface area contributed by atoms with Crippen molar-refractivity contribution in [2.24, 2.45) is 5.92 Å². The summed E-state index contributed by atoms with van der Waals surface area (Å²) in [6.07, 6.45) is 0.794. The number of rotatable bonds is 9. The van der Waals surface area contributed by atoms with Gasteiger partial charge < -0.3 is 19.5 Å². The van der Waals surface area contributed by atoms with E-state index in [1.54, 1.807) is 18.2 Å². The molecule has 0 aromatic heterocycles. The third-order valence-corrected chi connectivity index (χ3v) is 4.31. The normalized spacial score (nSPS) is 10.6. The average Bonchev–Trinajstić information content (AvgIpc) is 2.71. The van der Waals surface area contributed by atoms with Gasteiger partial charge in [0.05, 0.1) is 19.3 Å². The minimum absolute atomic E-state index is 0.289. The lowest BCUT2D eigenvalue weighted by Crippen LogP contribution is -2.22. The predicted octanol–water partition coefficient (Wildman–Crippen LogP) is 4.40. The highest BCUT2D eigenvalue weighted by Gasteiger charge is 2.15. The molecule has 2 rings (SSSR count). The fourth-order valence-electron chi connectivity index (χ4n) is 2.76. The Morgan fingerprint density at radius 1 is 1.10 bits per heavy atom. The molecular weight excluding hydrogens is 370 g/mol. The summed E-state index contributed by atoms with van der Waals surface area (Å²) in [4.78, 5) is 24.6. The van der Waals surface area contributed by atoms with Crippen molar-refractivity contribution in [2.45, 2.75) is 34.1 Å². The van der Waals surface area contributed by atoms with Crippen LogP contribution in [-0.2, 0) is 16.0 Å². The van der Waals surface area contributed by atoms with E-state index < -0.39 is 5.97 Å². The van der Waals surface area contributed by atoms with Crippen LogP contribution in [0.2, 0.25) is 0 Å². The molecule has 0 atom stereocenters. The summed E-state index contributed by atoms with van der Waals surface area (Å²) < 4.78 is 16.1. The third kappa shape index (κ3) is 6.24. The number of hydrogen-bond donors (Lipinski definition) is 1. The molecule has 2 aromatic carbocycles. The lowest BCUT2D eigenvalue weighted by molar-refractivity contribution is -0.119. The number of para-hydroxylation sites is 1. The van der Waals surface area contributed by atoms with Crippen LogP contribution in [0.3, 0.4) is 0 Å². The fraction of sp³-hybridized carbons (Fsp3) is 0.391. The van der Waals surface area contributed by atoms with E-state index >= 15 is 0 Å². The first kappa shape index (κ1) is 22.3. The van der Waals surface area contributed by atoms with Crippen LogP contribution in [0.1, 0.15) is 42.3 Å². The van der Waals surface area contributed by atoms with E-state index in [-0.39, 0.29) is 18.1 Å². The van der Waals surface area contributed by atoms with Crippen LogP contribution in [-0.4, -0.2) is 32.2 Å². The van der Waals surface area contributed by atoms with Gasteiger partial charge in [-0.2, -0.15) is 0 Å². The number of esters is 1. The summed E-state index contributed by atoms with van der Waals surface area (Å²) in [5.41, 5.74) is 3.05. The number of anilines is 1. The molecule has 0 saturated heterocycles. The van der Waals surface area contributed by atoms with E-state index in [2.05, 4.69) is 5.32 Å². The summed E-state index contributed by atoms with van der Waals surface area (Å²) in [7, 11) is 1.51. The Balaban J connectivity index is 1.99. The van der Waals surface area contributed by atoms with Crippen LogP contribution in [0.25, 0.3) is 0 Å². The second kappa shape index (κ2) is 10.5. The standard InChI is InChI=1S/C23H29NO5/c1-6-17-9-7-8-16(4)22(17)24-21(25)14-29-23(26)18-10-11-19(20(12-18)27-5)28-13-15(2)3/h7-12,15H,6,13-14H2,1-5H3,(H,24,25). The molecule has 6 heteroatoms. The van der Waals surface area contributed by atoms with Crippen LogP contribution in [0.5, 0.6) is 11.5 Å². The molecule has 29 heavy (non-hydrogen) atoms. The molecule has 156 valence electrons. The SMILES string of the molecule is CCc1cccc(C)c1NC(=O)COC(=O)c1ccc(OCC(C)C)c(OC)c1. The molecule has 0 aliphatic carbocycles. The van der Waals surface area contributed by atoms with Crippen molar-refractivity contribution >= 4 is 17.6 Å². The van der Waals surface area contributed by atoms with Gasteiger partial charge in [-0.15, -0.1) is 0 Å². The quantitative estimate of drug-likeness (QED) is 0.633. The zero-order valence-corrected chi connectivity index (χ0v) is 17.7. The van der Waals surface area contributed by atoms with Crippen molar-refractivity contribution < 1.29 is 23.8 Å². The number of nitrogens with one attached hydrogen (secondary N) is 1. The van der Waals surface area contributed by atoms with Gasteiger partial charge in [0.15, 0.2) is 18.1 Å². The van der Waals surface area contributed by atoms with Gasteiger partial charge in [-0.1, -0.05) is 39.0 Å². The monoisotopic (exact) mass is 399 g/mol. The van der Waals surface area contributed by atoms with Crippen LogP contribution < -0.4 is 14.8 Å². The Morgan fingerprint density at radius 2 is 1.86 bits per heavy atom. The van der Waals surface area contributed by atoms with E-state index in [0.717, 1.165) is 23.2 Å². The first-order valence-corrected chi connectivity index (χ1v) is 9.72. The summed E-state index contributed by atoms with van der Waals surface area (Å²) in [6.45, 7) is 8.21. The molecular formula is C23H29NO5. The zero-order valence-electron chi connectivity index (χ0n) is 17.7. The maximum atomic E-state index is 12.3. The number of methoxy groups -OCH3 is 1. The highest BCUT2D eigenvalue weighted by atomic mass is 16.5. The minimum atomic E-state index is -0.602. The molecule has 0 heterocycles. The van der Waals surface area contributed by atoms with Crippen LogP contribution in [0.4, 0.5) is 5.69 Å². The number of hydrogen-bond acceptors (Lipinski definition) is 5. The van der Waals surface area contributed by atoms with Gasteiger partial charge in [-0.3, -0.25) is 4.79 Å². The first-order chi connectivity index (χ1) is 13.8. The number of carbonyl (C=O) groups excluding carboxylic acids is 2. The van der Waals surface area contributed by atoms with Crippen molar-refractivity contribution in [1.82, 2.24) is 0 Å². The summed E-state index contributed by atoms with van der Waals surface area (Å²) >= 11 is 0. The smallest absolute Gasteiger partial charge is 0.338 e. The van der Waals surface area contributed by atoms with Gasteiger partial charge in [0.25, 0.3) is 5.91 Å². The molecule has 0 aliphatic rings. The Labute approximate surface area is 172 Å². The van der Waals surface area contributed by atoms with Gasteiger partial charge >= 0.3 is 5.97 Å². The largest absolute Gasteiger partial charge is 0.493 e. The Morgan fingerprint density at radius 3 is 2.52 bits per heavy atom. The molecule has 6 nitrogen and oxygen atoms in total. The predicted molar refractivity (Wildman–Crippen MR) is 113 cm³/mol. The Hall–Kier alpha value is -3.02.